The summed E-state index contributed by atoms with van der Waals surface area (Å²) in [4.78, 5) is 11.8. The predicted molar refractivity (Wildman–Crippen MR) is 65.4 cm³/mol. The van der Waals surface area contributed by atoms with Crippen molar-refractivity contribution < 1.29 is 9.18 Å². The summed E-state index contributed by atoms with van der Waals surface area (Å²) in [7, 11) is 0. The number of anilines is 1. The highest BCUT2D eigenvalue weighted by molar-refractivity contribution is 5.99. The Kier molecular flexibility index (Phi) is 3.57. The van der Waals surface area contributed by atoms with E-state index < -0.39 is 5.82 Å². The molecular weight excluding hydrogens is 235 g/mol. The average Bonchev–Trinajstić information content (AvgIpc) is 2.85. The molecule has 94 valence electrons. The third-order valence-electron chi connectivity index (χ3n) is 2.48. The maximum Gasteiger partial charge on any atom is 0.253 e. The summed E-state index contributed by atoms with van der Waals surface area (Å²) in [6, 6.07) is 5.96. The topological polar surface area (TPSA) is 72.9 Å². The van der Waals surface area contributed by atoms with E-state index in [-0.39, 0.29) is 17.2 Å². The second-order valence-electron chi connectivity index (χ2n) is 3.73. The molecule has 0 bridgehead atoms. The van der Waals surface area contributed by atoms with Crippen LogP contribution in [0, 0.1) is 5.82 Å². The summed E-state index contributed by atoms with van der Waals surface area (Å²) in [5, 5.41) is 6.66. The van der Waals surface area contributed by atoms with Crippen molar-refractivity contribution >= 4 is 11.6 Å². The third-order valence-corrected chi connectivity index (χ3v) is 2.48. The lowest BCUT2D eigenvalue weighted by molar-refractivity contribution is 0.0952. The van der Waals surface area contributed by atoms with Gasteiger partial charge < -0.3 is 11.1 Å². The first-order valence-electron chi connectivity index (χ1n) is 5.48. The molecule has 0 aliphatic rings. The molecule has 0 aliphatic carbocycles. The Hall–Kier alpha value is -2.37. The van der Waals surface area contributed by atoms with Crippen molar-refractivity contribution in [3.63, 3.8) is 0 Å². The smallest absolute Gasteiger partial charge is 0.253 e. The molecule has 5 nitrogen and oxygen atoms in total. The molecule has 3 N–H and O–H groups in total. The minimum absolute atomic E-state index is 0.130. The number of nitrogen functional groups attached to an aromatic ring is 1. The number of benzene rings is 1. The summed E-state index contributed by atoms with van der Waals surface area (Å²) in [6.07, 6.45) is 3.45. The van der Waals surface area contributed by atoms with Crippen molar-refractivity contribution in [1.82, 2.24) is 15.1 Å². The molecule has 1 aromatic carbocycles. The van der Waals surface area contributed by atoms with Crippen LogP contribution >= 0.6 is 0 Å². The number of halogens is 1. The number of carbonyl (C=O) groups excluding carboxylic acids is 1. The fourth-order valence-electron chi connectivity index (χ4n) is 1.55. The normalized spacial score (nSPS) is 10.3. The third kappa shape index (κ3) is 2.65. The van der Waals surface area contributed by atoms with Crippen molar-refractivity contribution in [2.24, 2.45) is 0 Å². The fourth-order valence-corrected chi connectivity index (χ4v) is 1.55. The van der Waals surface area contributed by atoms with Gasteiger partial charge in [-0.25, -0.2) is 4.39 Å². The van der Waals surface area contributed by atoms with Gasteiger partial charge in [-0.1, -0.05) is 6.07 Å². The van der Waals surface area contributed by atoms with Gasteiger partial charge >= 0.3 is 0 Å². The van der Waals surface area contributed by atoms with E-state index in [1.165, 1.54) is 18.2 Å². The van der Waals surface area contributed by atoms with Crippen molar-refractivity contribution in [2.45, 2.75) is 6.54 Å². The number of para-hydroxylation sites is 1. The Morgan fingerprint density at radius 3 is 3.00 bits per heavy atom. The first-order chi connectivity index (χ1) is 8.68. The number of aromatic nitrogens is 2. The molecular formula is C12H13FN4O. The predicted octanol–water partition coefficient (Wildman–Crippen LogP) is 1.03. The lowest BCUT2D eigenvalue weighted by Gasteiger charge is -2.08. The standard InChI is InChI=1S/C12H13FN4O/c13-10-4-1-3-9(11(10)14)12(18)15-6-8-17-7-2-5-16-17/h1-5,7H,6,8,14H2,(H,15,18). The van der Waals surface area contributed by atoms with Crippen LogP contribution in [-0.2, 0) is 6.54 Å². The fraction of sp³-hybridized carbons (Fsp3) is 0.167. The number of hydrogen-bond donors (Lipinski definition) is 2. The molecule has 2 rings (SSSR count). The van der Waals surface area contributed by atoms with E-state index in [4.69, 9.17) is 5.73 Å². The largest absolute Gasteiger partial charge is 0.396 e. The SMILES string of the molecule is Nc1c(F)cccc1C(=O)NCCn1cccn1. The van der Waals surface area contributed by atoms with Gasteiger partial charge in [-0.2, -0.15) is 5.10 Å². The number of hydrogen-bond acceptors (Lipinski definition) is 3. The molecule has 0 aliphatic heterocycles. The zero-order chi connectivity index (χ0) is 13.0. The van der Waals surface area contributed by atoms with Gasteiger partial charge in [0.1, 0.15) is 5.82 Å². The van der Waals surface area contributed by atoms with Gasteiger partial charge in [0.2, 0.25) is 0 Å². The molecule has 0 radical (unpaired) electrons. The Morgan fingerprint density at radius 1 is 1.44 bits per heavy atom. The molecule has 0 atom stereocenters. The molecule has 0 saturated carbocycles. The van der Waals surface area contributed by atoms with Gasteiger partial charge in [0.25, 0.3) is 5.91 Å². The number of nitrogens with zero attached hydrogens (tertiary/aromatic N) is 2. The number of rotatable bonds is 4. The quantitative estimate of drug-likeness (QED) is 0.794. The minimum Gasteiger partial charge on any atom is -0.396 e. The lowest BCUT2D eigenvalue weighted by atomic mass is 10.1. The van der Waals surface area contributed by atoms with Crippen LogP contribution in [0.25, 0.3) is 0 Å². The molecule has 0 unspecified atom stereocenters. The van der Waals surface area contributed by atoms with Crippen LogP contribution in [0.15, 0.2) is 36.7 Å². The van der Waals surface area contributed by atoms with E-state index in [0.29, 0.717) is 13.1 Å². The van der Waals surface area contributed by atoms with Crippen LogP contribution in [0.5, 0.6) is 0 Å². The Balaban J connectivity index is 1.93. The molecule has 1 heterocycles. The Bertz CT molecular complexity index is 539. The van der Waals surface area contributed by atoms with Crippen molar-refractivity contribution in [3.8, 4) is 0 Å². The van der Waals surface area contributed by atoms with E-state index in [0.717, 1.165) is 0 Å². The van der Waals surface area contributed by atoms with E-state index in [1.807, 2.05) is 0 Å². The highest BCUT2D eigenvalue weighted by atomic mass is 19.1. The first-order valence-corrected chi connectivity index (χ1v) is 5.48. The Labute approximate surface area is 103 Å². The minimum atomic E-state index is -0.588. The van der Waals surface area contributed by atoms with Gasteiger partial charge in [0.05, 0.1) is 17.8 Å². The summed E-state index contributed by atoms with van der Waals surface area (Å²) in [5.41, 5.74) is 5.51. The van der Waals surface area contributed by atoms with Crippen LogP contribution in [0.4, 0.5) is 10.1 Å². The molecule has 0 saturated heterocycles. The molecule has 0 spiro atoms. The van der Waals surface area contributed by atoms with Crippen LogP contribution in [-0.4, -0.2) is 22.2 Å². The van der Waals surface area contributed by atoms with Crippen LogP contribution < -0.4 is 11.1 Å². The first kappa shape index (κ1) is 12.1. The van der Waals surface area contributed by atoms with Crippen LogP contribution in [0.2, 0.25) is 0 Å². The summed E-state index contributed by atoms with van der Waals surface area (Å²) in [5.74, 6) is -0.978. The van der Waals surface area contributed by atoms with Gasteiger partial charge in [0, 0.05) is 18.9 Å². The van der Waals surface area contributed by atoms with Gasteiger partial charge in [-0.3, -0.25) is 9.48 Å². The Morgan fingerprint density at radius 2 is 2.28 bits per heavy atom. The van der Waals surface area contributed by atoms with Crippen LogP contribution in [0.1, 0.15) is 10.4 Å². The number of nitrogens with two attached hydrogens (primary N) is 1. The van der Waals surface area contributed by atoms with E-state index in [9.17, 15) is 9.18 Å². The molecule has 1 aromatic heterocycles. The van der Waals surface area contributed by atoms with Crippen molar-refractivity contribution in [1.29, 1.82) is 0 Å². The summed E-state index contributed by atoms with van der Waals surface area (Å²) >= 11 is 0. The van der Waals surface area contributed by atoms with E-state index >= 15 is 0 Å². The van der Waals surface area contributed by atoms with Crippen molar-refractivity contribution in [3.05, 3.63) is 48.0 Å². The number of nitrogens with one attached hydrogen (secondary N) is 1. The summed E-state index contributed by atoms with van der Waals surface area (Å²) in [6.45, 7) is 0.949. The van der Waals surface area contributed by atoms with Gasteiger partial charge in [0.15, 0.2) is 0 Å². The molecule has 6 heteroatoms. The molecule has 18 heavy (non-hydrogen) atoms. The highest BCUT2D eigenvalue weighted by Crippen LogP contribution is 2.15. The maximum atomic E-state index is 13.2. The number of carbonyl (C=O) groups is 1. The average molecular weight is 248 g/mol. The lowest BCUT2D eigenvalue weighted by Crippen LogP contribution is -2.28. The zero-order valence-corrected chi connectivity index (χ0v) is 9.64. The second kappa shape index (κ2) is 5.31. The summed E-state index contributed by atoms with van der Waals surface area (Å²) < 4.78 is 14.9. The van der Waals surface area contributed by atoms with Crippen molar-refractivity contribution in [2.75, 3.05) is 12.3 Å². The van der Waals surface area contributed by atoms with Gasteiger partial charge in [-0.05, 0) is 18.2 Å². The zero-order valence-electron chi connectivity index (χ0n) is 9.64. The maximum absolute atomic E-state index is 13.2. The van der Waals surface area contributed by atoms with E-state index in [1.54, 1.807) is 23.1 Å². The number of amides is 1. The highest BCUT2D eigenvalue weighted by Gasteiger charge is 2.11. The monoisotopic (exact) mass is 248 g/mol. The molecule has 0 fully saturated rings. The van der Waals surface area contributed by atoms with Gasteiger partial charge in [-0.15, -0.1) is 0 Å². The van der Waals surface area contributed by atoms with E-state index in [2.05, 4.69) is 10.4 Å². The molecule has 1 amide bonds. The molecule has 2 aromatic rings. The van der Waals surface area contributed by atoms with Crippen LogP contribution in [0.3, 0.4) is 0 Å². The second-order valence-corrected chi connectivity index (χ2v) is 3.73.